The zero-order valence-corrected chi connectivity index (χ0v) is 10.6. The SMILES string of the molecule is CC(C)CC(C)N(C)CC(C)C(=O)NN. The van der Waals surface area contributed by atoms with E-state index in [1.54, 1.807) is 0 Å². The van der Waals surface area contributed by atoms with Gasteiger partial charge in [-0.15, -0.1) is 0 Å². The van der Waals surface area contributed by atoms with Crippen molar-refractivity contribution < 1.29 is 4.79 Å². The lowest BCUT2D eigenvalue weighted by Crippen LogP contribution is -2.42. The lowest BCUT2D eigenvalue weighted by atomic mass is 10.0. The molecule has 0 aromatic rings. The van der Waals surface area contributed by atoms with E-state index in [0.717, 1.165) is 13.0 Å². The van der Waals surface area contributed by atoms with Crippen LogP contribution in [0.4, 0.5) is 0 Å². The van der Waals surface area contributed by atoms with Gasteiger partial charge in [-0.3, -0.25) is 10.2 Å². The normalized spacial score (nSPS) is 15.5. The van der Waals surface area contributed by atoms with Crippen LogP contribution in [0.3, 0.4) is 0 Å². The second-order valence-corrected chi connectivity index (χ2v) is 4.83. The maximum Gasteiger partial charge on any atom is 0.237 e. The second-order valence-electron chi connectivity index (χ2n) is 4.83. The third-order valence-corrected chi connectivity index (χ3v) is 2.72. The summed E-state index contributed by atoms with van der Waals surface area (Å²) in [5.41, 5.74) is 2.18. The lowest BCUT2D eigenvalue weighted by molar-refractivity contribution is -0.125. The maximum absolute atomic E-state index is 11.2. The minimum Gasteiger partial charge on any atom is -0.303 e. The van der Waals surface area contributed by atoms with Gasteiger partial charge >= 0.3 is 0 Å². The van der Waals surface area contributed by atoms with Gasteiger partial charge in [-0.25, -0.2) is 5.84 Å². The van der Waals surface area contributed by atoms with E-state index in [9.17, 15) is 4.79 Å². The van der Waals surface area contributed by atoms with Crippen molar-refractivity contribution in [2.75, 3.05) is 13.6 Å². The van der Waals surface area contributed by atoms with E-state index in [1.165, 1.54) is 0 Å². The number of carbonyl (C=O) groups is 1. The monoisotopic (exact) mass is 215 g/mol. The predicted octanol–water partition coefficient (Wildman–Crippen LogP) is 0.979. The number of amides is 1. The molecule has 0 aliphatic heterocycles. The Bertz CT molecular complexity index is 194. The molecule has 15 heavy (non-hydrogen) atoms. The van der Waals surface area contributed by atoms with Crippen LogP contribution in [-0.4, -0.2) is 30.4 Å². The molecule has 1 amide bonds. The molecule has 3 N–H and O–H groups in total. The zero-order valence-electron chi connectivity index (χ0n) is 10.6. The van der Waals surface area contributed by atoms with Gasteiger partial charge in [-0.2, -0.15) is 0 Å². The highest BCUT2D eigenvalue weighted by Crippen LogP contribution is 2.11. The predicted molar refractivity (Wildman–Crippen MR) is 63.0 cm³/mol. The van der Waals surface area contributed by atoms with E-state index in [1.807, 2.05) is 14.0 Å². The summed E-state index contributed by atoms with van der Waals surface area (Å²) in [6.45, 7) is 9.24. The highest BCUT2D eigenvalue weighted by Gasteiger charge is 2.17. The number of nitrogens with two attached hydrogens (primary N) is 1. The van der Waals surface area contributed by atoms with Crippen molar-refractivity contribution in [2.45, 2.75) is 40.2 Å². The molecule has 4 heteroatoms. The molecule has 0 fully saturated rings. The van der Waals surface area contributed by atoms with Gasteiger partial charge in [0.25, 0.3) is 0 Å². The van der Waals surface area contributed by atoms with Crippen molar-refractivity contribution in [3.8, 4) is 0 Å². The minimum atomic E-state index is -0.0985. The fourth-order valence-electron chi connectivity index (χ4n) is 1.70. The van der Waals surface area contributed by atoms with Gasteiger partial charge in [0.2, 0.25) is 5.91 Å². The Balaban J connectivity index is 4.00. The maximum atomic E-state index is 11.2. The van der Waals surface area contributed by atoms with Crippen molar-refractivity contribution in [1.29, 1.82) is 0 Å². The van der Waals surface area contributed by atoms with Gasteiger partial charge in [0.15, 0.2) is 0 Å². The molecule has 0 bridgehead atoms. The molecule has 4 nitrogen and oxygen atoms in total. The topological polar surface area (TPSA) is 58.4 Å². The molecule has 0 aliphatic rings. The highest BCUT2D eigenvalue weighted by atomic mass is 16.2. The summed E-state index contributed by atoms with van der Waals surface area (Å²) < 4.78 is 0. The number of carbonyl (C=O) groups excluding carboxylic acids is 1. The molecule has 0 aliphatic carbocycles. The molecule has 0 radical (unpaired) electrons. The zero-order chi connectivity index (χ0) is 12.0. The molecule has 0 spiro atoms. The number of hydrogen-bond donors (Lipinski definition) is 2. The Morgan fingerprint density at radius 1 is 1.33 bits per heavy atom. The first-order valence-electron chi connectivity index (χ1n) is 5.59. The Morgan fingerprint density at radius 3 is 2.27 bits per heavy atom. The van der Waals surface area contributed by atoms with Crippen molar-refractivity contribution in [3.05, 3.63) is 0 Å². The number of rotatable bonds is 6. The lowest BCUT2D eigenvalue weighted by Gasteiger charge is -2.28. The smallest absolute Gasteiger partial charge is 0.237 e. The summed E-state index contributed by atoms with van der Waals surface area (Å²) >= 11 is 0. The summed E-state index contributed by atoms with van der Waals surface area (Å²) in [6, 6.07) is 0.498. The molecule has 0 heterocycles. The number of nitrogens with zero attached hydrogens (tertiary/aromatic N) is 1. The average Bonchev–Trinajstić information content (AvgIpc) is 2.15. The van der Waals surface area contributed by atoms with Crippen LogP contribution in [0.25, 0.3) is 0 Å². The summed E-state index contributed by atoms with van der Waals surface area (Å²) in [4.78, 5) is 13.4. The number of hydrogen-bond acceptors (Lipinski definition) is 3. The van der Waals surface area contributed by atoms with E-state index in [-0.39, 0.29) is 11.8 Å². The van der Waals surface area contributed by atoms with Crippen molar-refractivity contribution in [3.63, 3.8) is 0 Å². The molecule has 0 aromatic carbocycles. The molecular formula is C11H25N3O. The van der Waals surface area contributed by atoms with Gasteiger partial charge in [0.05, 0.1) is 0 Å². The molecule has 0 saturated carbocycles. The van der Waals surface area contributed by atoms with Crippen molar-refractivity contribution in [1.82, 2.24) is 10.3 Å². The van der Waals surface area contributed by atoms with Crippen LogP contribution < -0.4 is 11.3 Å². The van der Waals surface area contributed by atoms with Crippen LogP contribution in [-0.2, 0) is 4.79 Å². The quantitative estimate of drug-likeness (QED) is 0.394. The molecular weight excluding hydrogens is 190 g/mol. The van der Waals surface area contributed by atoms with Gasteiger partial charge in [0.1, 0.15) is 0 Å². The number of nitrogens with one attached hydrogen (secondary N) is 1. The van der Waals surface area contributed by atoms with Gasteiger partial charge < -0.3 is 4.90 Å². The van der Waals surface area contributed by atoms with Gasteiger partial charge in [-0.05, 0) is 26.3 Å². The summed E-state index contributed by atoms with van der Waals surface area (Å²) in [6.07, 6.45) is 1.15. The van der Waals surface area contributed by atoms with Crippen LogP contribution in [0.2, 0.25) is 0 Å². The molecule has 0 rings (SSSR count). The summed E-state index contributed by atoms with van der Waals surface area (Å²) in [5.74, 6) is 5.61. The van der Waals surface area contributed by atoms with E-state index in [4.69, 9.17) is 5.84 Å². The van der Waals surface area contributed by atoms with E-state index >= 15 is 0 Å². The van der Waals surface area contributed by atoms with E-state index in [2.05, 4.69) is 31.1 Å². The molecule has 0 saturated heterocycles. The molecule has 90 valence electrons. The van der Waals surface area contributed by atoms with E-state index < -0.39 is 0 Å². The Labute approximate surface area is 93.2 Å². The van der Waals surface area contributed by atoms with Gasteiger partial charge in [-0.1, -0.05) is 20.8 Å². The summed E-state index contributed by atoms with van der Waals surface area (Å²) in [5, 5.41) is 0. The van der Waals surface area contributed by atoms with Crippen LogP contribution in [0.1, 0.15) is 34.1 Å². The standard InChI is InChI=1S/C11H25N3O/c1-8(2)6-10(4)14(5)7-9(3)11(15)13-12/h8-10H,6-7,12H2,1-5H3,(H,13,15). The van der Waals surface area contributed by atoms with Crippen LogP contribution in [0.15, 0.2) is 0 Å². The average molecular weight is 215 g/mol. The van der Waals surface area contributed by atoms with Crippen LogP contribution >= 0.6 is 0 Å². The highest BCUT2D eigenvalue weighted by molar-refractivity contribution is 5.77. The summed E-state index contributed by atoms with van der Waals surface area (Å²) in [7, 11) is 2.05. The third kappa shape index (κ3) is 5.74. The fourth-order valence-corrected chi connectivity index (χ4v) is 1.70. The second kappa shape index (κ2) is 6.80. The fraction of sp³-hybridized carbons (Fsp3) is 0.909. The molecule has 2 unspecified atom stereocenters. The Hall–Kier alpha value is -0.610. The van der Waals surface area contributed by atoms with Crippen LogP contribution in [0, 0.1) is 11.8 Å². The first-order chi connectivity index (χ1) is 6.88. The van der Waals surface area contributed by atoms with E-state index in [0.29, 0.717) is 12.0 Å². The number of hydrazine groups is 1. The minimum absolute atomic E-state index is 0.0605. The Kier molecular flexibility index (Phi) is 6.52. The third-order valence-electron chi connectivity index (χ3n) is 2.72. The molecule has 0 aromatic heterocycles. The first-order valence-corrected chi connectivity index (χ1v) is 5.59. The van der Waals surface area contributed by atoms with Crippen molar-refractivity contribution in [2.24, 2.45) is 17.7 Å². The first kappa shape index (κ1) is 14.4. The largest absolute Gasteiger partial charge is 0.303 e. The molecule has 2 atom stereocenters. The van der Waals surface area contributed by atoms with Gasteiger partial charge in [0, 0.05) is 18.5 Å². The van der Waals surface area contributed by atoms with Crippen molar-refractivity contribution >= 4 is 5.91 Å². The van der Waals surface area contributed by atoms with Crippen LogP contribution in [0.5, 0.6) is 0 Å². The Morgan fingerprint density at radius 2 is 1.87 bits per heavy atom.